The van der Waals surface area contributed by atoms with E-state index >= 15 is 0 Å². The first-order chi connectivity index (χ1) is 13.7. The fourth-order valence-corrected chi connectivity index (χ4v) is 4.04. The molecule has 0 spiro atoms. The van der Waals surface area contributed by atoms with Gasteiger partial charge >= 0.3 is 5.97 Å². The third-order valence-electron chi connectivity index (χ3n) is 5.02. The number of aromatic carboxylic acids is 1. The first-order valence-corrected chi connectivity index (χ1v) is 9.64. The molecule has 1 fully saturated rings. The number of anilines is 3. The van der Waals surface area contributed by atoms with Gasteiger partial charge in [0.25, 0.3) is 10.9 Å². The minimum Gasteiger partial charge on any atom is -0.504 e. The van der Waals surface area contributed by atoms with E-state index in [-0.39, 0.29) is 27.4 Å². The number of furan rings is 1. The van der Waals surface area contributed by atoms with Gasteiger partial charge in [-0.25, -0.2) is 4.79 Å². The van der Waals surface area contributed by atoms with E-state index in [1.165, 1.54) is 5.38 Å². The van der Waals surface area contributed by atoms with Crippen LogP contribution in [0.1, 0.15) is 34.2 Å². The predicted molar refractivity (Wildman–Crippen MR) is 106 cm³/mol. The molecule has 9 nitrogen and oxygen atoms in total. The number of thiophene rings is 1. The van der Waals surface area contributed by atoms with Crippen LogP contribution >= 0.6 is 11.3 Å². The lowest BCUT2D eigenvalue weighted by molar-refractivity contribution is -0.115. The Hall–Kier alpha value is -3.11. The van der Waals surface area contributed by atoms with Crippen molar-refractivity contribution in [3.63, 3.8) is 0 Å². The molecule has 4 N–H and O–H groups in total. The normalized spacial score (nSPS) is 16.3. The Morgan fingerprint density at radius 2 is 1.93 bits per heavy atom. The summed E-state index contributed by atoms with van der Waals surface area (Å²) in [4.78, 5) is 35.2. The van der Waals surface area contributed by atoms with Crippen molar-refractivity contribution in [1.29, 1.82) is 0 Å². The number of carboxylic acids is 1. The van der Waals surface area contributed by atoms with Crippen molar-refractivity contribution in [2.24, 2.45) is 5.41 Å². The van der Waals surface area contributed by atoms with Gasteiger partial charge in [-0.15, -0.1) is 11.3 Å². The Labute approximate surface area is 168 Å². The van der Waals surface area contributed by atoms with Crippen molar-refractivity contribution in [2.45, 2.75) is 19.9 Å². The highest BCUT2D eigenvalue weighted by atomic mass is 32.1. The maximum absolute atomic E-state index is 12.2. The second-order valence-corrected chi connectivity index (χ2v) is 8.22. The third-order valence-corrected chi connectivity index (χ3v) is 5.98. The molecule has 3 heterocycles. The van der Waals surface area contributed by atoms with Gasteiger partial charge in [-0.3, -0.25) is 9.59 Å². The number of ether oxygens (including phenoxy) is 1. The second kappa shape index (κ2) is 6.75. The number of hydrogen-bond acceptors (Lipinski definition) is 9. The fourth-order valence-electron chi connectivity index (χ4n) is 3.31. The topological polar surface area (TPSA) is 138 Å². The van der Waals surface area contributed by atoms with Crippen LogP contribution < -0.4 is 21.5 Å². The highest BCUT2D eigenvalue weighted by Gasteiger charge is 2.45. The van der Waals surface area contributed by atoms with Gasteiger partial charge in [0.1, 0.15) is 22.9 Å². The molecule has 2 aromatic heterocycles. The van der Waals surface area contributed by atoms with Crippen LogP contribution in [0.15, 0.2) is 31.5 Å². The van der Waals surface area contributed by atoms with Crippen molar-refractivity contribution in [1.82, 2.24) is 0 Å². The van der Waals surface area contributed by atoms with E-state index in [9.17, 15) is 19.5 Å². The minimum absolute atomic E-state index is 0.0304. The summed E-state index contributed by atoms with van der Waals surface area (Å²) < 4.78 is 11.1. The standard InChI is InChI=1S/C19H18N2O7S/c1-8-3-4-10(28-8)17(19(2)6-27-7-19)21-12-11(14(23)15(12)24)20-9-5-29-16(13(9)22)18(25)26/h3-5,17,20-22H,6-7H2,1-2H3,(H,25,26)/t17-/m0/s1. The number of rotatable bonds is 7. The summed E-state index contributed by atoms with van der Waals surface area (Å²) in [5, 5.41) is 26.3. The monoisotopic (exact) mass is 418 g/mol. The molecule has 0 bridgehead atoms. The average Bonchev–Trinajstić information content (AvgIpc) is 3.24. The molecular weight excluding hydrogens is 400 g/mol. The summed E-state index contributed by atoms with van der Waals surface area (Å²) in [6.07, 6.45) is 0. The second-order valence-electron chi connectivity index (χ2n) is 7.34. The van der Waals surface area contributed by atoms with Gasteiger partial charge in [0, 0.05) is 10.8 Å². The van der Waals surface area contributed by atoms with E-state index in [0.29, 0.717) is 24.7 Å². The first-order valence-electron chi connectivity index (χ1n) is 8.76. The Bertz CT molecular complexity index is 1160. The Balaban J connectivity index is 1.66. The quantitative estimate of drug-likeness (QED) is 0.426. The summed E-state index contributed by atoms with van der Waals surface area (Å²) in [7, 11) is 0. The number of carboxylic acid groups (broad SMARTS) is 1. The van der Waals surface area contributed by atoms with Gasteiger partial charge < -0.3 is 30.0 Å². The molecule has 29 heavy (non-hydrogen) atoms. The lowest BCUT2D eigenvalue weighted by Gasteiger charge is -2.44. The van der Waals surface area contributed by atoms with Crippen molar-refractivity contribution >= 4 is 34.4 Å². The molecule has 0 amide bonds. The van der Waals surface area contributed by atoms with Crippen LogP contribution in [0, 0.1) is 12.3 Å². The summed E-state index contributed by atoms with van der Waals surface area (Å²) >= 11 is 0.812. The largest absolute Gasteiger partial charge is 0.504 e. The van der Waals surface area contributed by atoms with E-state index in [2.05, 4.69) is 10.6 Å². The Morgan fingerprint density at radius 3 is 2.45 bits per heavy atom. The van der Waals surface area contributed by atoms with Gasteiger partial charge in [-0.2, -0.15) is 0 Å². The van der Waals surface area contributed by atoms with E-state index in [0.717, 1.165) is 11.3 Å². The minimum atomic E-state index is -1.28. The molecule has 1 saturated heterocycles. The molecule has 0 radical (unpaired) electrons. The van der Waals surface area contributed by atoms with E-state index in [1.54, 1.807) is 6.07 Å². The summed E-state index contributed by atoms with van der Waals surface area (Å²) in [5.74, 6) is -0.448. The Morgan fingerprint density at radius 1 is 1.24 bits per heavy atom. The fraction of sp³-hybridized carbons (Fsp3) is 0.316. The smallest absolute Gasteiger partial charge is 0.349 e. The van der Waals surface area contributed by atoms with Gasteiger partial charge in [0.15, 0.2) is 10.6 Å². The van der Waals surface area contributed by atoms with Gasteiger partial charge in [0.05, 0.1) is 24.9 Å². The molecule has 1 aromatic carbocycles. The molecule has 0 unspecified atom stereocenters. The molecule has 3 aromatic rings. The summed E-state index contributed by atoms with van der Waals surface area (Å²) in [6.45, 7) is 4.70. The Kier molecular flexibility index (Phi) is 4.47. The molecular formula is C19H18N2O7S. The molecule has 0 saturated carbocycles. The molecule has 1 aliphatic heterocycles. The molecule has 1 aliphatic rings. The highest BCUT2D eigenvalue weighted by molar-refractivity contribution is 7.12. The van der Waals surface area contributed by atoms with Crippen LogP contribution in [0.3, 0.4) is 0 Å². The van der Waals surface area contributed by atoms with Crippen LogP contribution in [0.4, 0.5) is 17.1 Å². The van der Waals surface area contributed by atoms with Crippen molar-refractivity contribution in [3.05, 3.63) is 54.4 Å². The van der Waals surface area contributed by atoms with Gasteiger partial charge in [-0.1, -0.05) is 6.92 Å². The van der Waals surface area contributed by atoms with E-state index in [1.807, 2.05) is 19.9 Å². The van der Waals surface area contributed by atoms with Crippen LogP contribution in [-0.4, -0.2) is 29.4 Å². The molecule has 1 atom stereocenters. The average molecular weight is 418 g/mol. The van der Waals surface area contributed by atoms with E-state index < -0.39 is 28.6 Å². The van der Waals surface area contributed by atoms with Gasteiger partial charge in [-0.05, 0) is 19.1 Å². The zero-order chi connectivity index (χ0) is 20.9. The molecule has 152 valence electrons. The summed E-state index contributed by atoms with van der Waals surface area (Å²) in [6, 6.07) is 3.20. The predicted octanol–water partition coefficient (Wildman–Crippen LogP) is 2.58. The number of hydrogen-bond donors (Lipinski definition) is 4. The van der Waals surface area contributed by atoms with Crippen LogP contribution in [0.2, 0.25) is 0 Å². The SMILES string of the molecule is Cc1ccc([C@H](Nc2c(Nc3csc(C(=O)O)c3O)c(=O)c2=O)C2(C)COC2)o1. The lowest BCUT2D eigenvalue weighted by atomic mass is 9.79. The highest BCUT2D eigenvalue weighted by Crippen LogP contribution is 2.44. The zero-order valence-corrected chi connectivity index (χ0v) is 16.4. The van der Waals surface area contributed by atoms with Crippen molar-refractivity contribution in [2.75, 3.05) is 23.8 Å². The number of aryl methyl sites for hydroxylation is 1. The number of carbonyl (C=O) groups is 1. The first kappa shape index (κ1) is 19.2. The van der Waals surface area contributed by atoms with Gasteiger partial charge in [0.2, 0.25) is 0 Å². The lowest BCUT2D eigenvalue weighted by Crippen LogP contribution is -2.49. The third kappa shape index (κ3) is 3.10. The molecule has 4 rings (SSSR count). The number of aromatic hydroxyl groups is 1. The number of nitrogens with one attached hydrogen (secondary N) is 2. The maximum atomic E-state index is 12.2. The zero-order valence-electron chi connectivity index (χ0n) is 15.6. The van der Waals surface area contributed by atoms with Crippen LogP contribution in [-0.2, 0) is 4.74 Å². The van der Waals surface area contributed by atoms with Crippen LogP contribution in [0.25, 0.3) is 0 Å². The maximum Gasteiger partial charge on any atom is 0.349 e. The van der Waals surface area contributed by atoms with Crippen molar-refractivity contribution < 1.29 is 24.2 Å². The van der Waals surface area contributed by atoms with E-state index in [4.69, 9.17) is 14.3 Å². The van der Waals surface area contributed by atoms with Crippen molar-refractivity contribution in [3.8, 4) is 5.75 Å². The molecule has 0 aliphatic carbocycles. The summed E-state index contributed by atoms with van der Waals surface area (Å²) in [5.41, 5.74) is -1.72. The van der Waals surface area contributed by atoms with Crippen LogP contribution in [0.5, 0.6) is 5.75 Å². The molecule has 10 heteroatoms.